The van der Waals surface area contributed by atoms with E-state index in [1.807, 2.05) is 0 Å². The standard InChI is InChI=1S/C27H38N2/c1-18-11-22(26(5,6)7)16-24(13-18)28-20(3)15-21(4)29-25-14-19(2)12-23(17-25)27(8,9)10/h11-14,16-17H,15H2,1-10H3. The van der Waals surface area contributed by atoms with Gasteiger partial charge in [-0.25, -0.2) is 0 Å². The van der Waals surface area contributed by atoms with Gasteiger partial charge in [-0.3, -0.25) is 9.98 Å². The van der Waals surface area contributed by atoms with Gasteiger partial charge in [0.15, 0.2) is 0 Å². The van der Waals surface area contributed by atoms with E-state index in [1.54, 1.807) is 0 Å². The van der Waals surface area contributed by atoms with E-state index in [4.69, 9.17) is 9.98 Å². The molecule has 0 spiro atoms. The highest BCUT2D eigenvalue weighted by molar-refractivity contribution is 6.04. The molecular weight excluding hydrogens is 352 g/mol. The third-order valence-electron chi connectivity index (χ3n) is 5.01. The van der Waals surface area contributed by atoms with Crippen molar-refractivity contribution in [1.29, 1.82) is 0 Å². The Balaban J connectivity index is 2.26. The zero-order valence-corrected chi connectivity index (χ0v) is 20.1. The van der Waals surface area contributed by atoms with E-state index in [0.29, 0.717) is 0 Å². The van der Waals surface area contributed by atoms with Gasteiger partial charge < -0.3 is 0 Å². The highest BCUT2D eigenvalue weighted by Crippen LogP contribution is 2.29. The fourth-order valence-corrected chi connectivity index (χ4v) is 3.41. The Labute approximate surface area is 178 Å². The molecule has 2 nitrogen and oxygen atoms in total. The Morgan fingerprint density at radius 2 is 0.966 bits per heavy atom. The van der Waals surface area contributed by atoms with Gasteiger partial charge in [0, 0.05) is 17.8 Å². The number of rotatable bonds is 4. The fraction of sp³-hybridized carbons (Fsp3) is 0.481. The number of aliphatic imine (C=N–C) groups is 2. The maximum absolute atomic E-state index is 4.89. The molecule has 156 valence electrons. The van der Waals surface area contributed by atoms with Crippen LogP contribution in [0.4, 0.5) is 11.4 Å². The Bertz CT molecular complexity index is 854. The highest BCUT2D eigenvalue weighted by atomic mass is 14.8. The second kappa shape index (κ2) is 8.65. The van der Waals surface area contributed by atoms with Crippen LogP contribution in [0, 0.1) is 13.8 Å². The summed E-state index contributed by atoms with van der Waals surface area (Å²) < 4.78 is 0. The van der Waals surface area contributed by atoms with Gasteiger partial charge in [0.05, 0.1) is 11.4 Å². The zero-order valence-electron chi connectivity index (χ0n) is 20.1. The third kappa shape index (κ3) is 6.96. The summed E-state index contributed by atoms with van der Waals surface area (Å²) in [7, 11) is 0. The van der Waals surface area contributed by atoms with Gasteiger partial charge in [0.2, 0.25) is 0 Å². The summed E-state index contributed by atoms with van der Waals surface area (Å²) in [6.07, 6.45) is 0.775. The minimum Gasteiger partial charge on any atom is -0.258 e. The van der Waals surface area contributed by atoms with Gasteiger partial charge in [-0.15, -0.1) is 0 Å². The Kier molecular flexibility index (Phi) is 6.88. The lowest BCUT2D eigenvalue weighted by atomic mass is 9.86. The number of aryl methyl sites for hydroxylation is 2. The number of hydrogen-bond donors (Lipinski definition) is 0. The summed E-state index contributed by atoms with van der Waals surface area (Å²) in [5, 5.41) is 0. The van der Waals surface area contributed by atoms with Crippen molar-refractivity contribution in [2.24, 2.45) is 9.98 Å². The second-order valence-electron chi connectivity index (χ2n) is 10.5. The second-order valence-corrected chi connectivity index (χ2v) is 10.5. The van der Waals surface area contributed by atoms with Crippen molar-refractivity contribution < 1.29 is 0 Å². The highest BCUT2D eigenvalue weighted by Gasteiger charge is 2.15. The smallest absolute Gasteiger partial charge is 0.0634 e. The molecule has 2 heteroatoms. The maximum Gasteiger partial charge on any atom is 0.0634 e. The molecule has 0 amide bonds. The van der Waals surface area contributed by atoms with E-state index in [2.05, 4.69) is 106 Å². The molecule has 0 fully saturated rings. The van der Waals surface area contributed by atoms with Gasteiger partial charge in [-0.05, 0) is 85.0 Å². The maximum atomic E-state index is 4.89. The predicted molar refractivity (Wildman–Crippen MR) is 130 cm³/mol. The van der Waals surface area contributed by atoms with E-state index in [0.717, 1.165) is 29.2 Å². The molecule has 0 radical (unpaired) electrons. The molecule has 0 aliphatic carbocycles. The summed E-state index contributed by atoms with van der Waals surface area (Å²) >= 11 is 0. The predicted octanol–water partition coefficient (Wildman–Crippen LogP) is 8.17. The van der Waals surface area contributed by atoms with Gasteiger partial charge in [-0.1, -0.05) is 53.7 Å². The summed E-state index contributed by atoms with van der Waals surface area (Å²) in [6.45, 7) is 21.9. The van der Waals surface area contributed by atoms with E-state index >= 15 is 0 Å². The normalized spacial score (nSPS) is 13.7. The Morgan fingerprint density at radius 3 is 1.28 bits per heavy atom. The van der Waals surface area contributed by atoms with Crippen LogP contribution < -0.4 is 0 Å². The molecule has 2 rings (SSSR count). The first-order valence-electron chi connectivity index (χ1n) is 10.6. The first kappa shape index (κ1) is 23.1. The zero-order chi connectivity index (χ0) is 22.0. The molecule has 0 N–H and O–H groups in total. The third-order valence-corrected chi connectivity index (χ3v) is 5.01. The topological polar surface area (TPSA) is 24.7 Å². The van der Waals surface area contributed by atoms with Gasteiger partial charge in [0.1, 0.15) is 0 Å². The molecule has 29 heavy (non-hydrogen) atoms. The Hall–Kier alpha value is -2.22. The average molecular weight is 391 g/mol. The van der Waals surface area contributed by atoms with Crippen molar-refractivity contribution in [3.8, 4) is 0 Å². The first-order valence-corrected chi connectivity index (χ1v) is 10.6. The van der Waals surface area contributed by atoms with Gasteiger partial charge in [-0.2, -0.15) is 0 Å². The van der Waals surface area contributed by atoms with Crippen LogP contribution in [0.15, 0.2) is 46.4 Å². The number of hydrogen-bond acceptors (Lipinski definition) is 2. The quantitative estimate of drug-likeness (QED) is 0.470. The largest absolute Gasteiger partial charge is 0.258 e. The van der Waals surface area contributed by atoms with Crippen LogP contribution >= 0.6 is 0 Å². The lowest BCUT2D eigenvalue weighted by Gasteiger charge is -2.20. The molecule has 0 saturated carbocycles. The summed E-state index contributed by atoms with van der Waals surface area (Å²) in [4.78, 5) is 9.77. The SMILES string of the molecule is CC(CC(C)=Nc1cc(C)cc(C(C)(C)C)c1)=Nc1cc(C)cc(C(C)(C)C)c1. The van der Waals surface area contributed by atoms with Crippen molar-refractivity contribution in [1.82, 2.24) is 0 Å². The fourth-order valence-electron chi connectivity index (χ4n) is 3.41. The van der Waals surface area contributed by atoms with Crippen molar-refractivity contribution in [3.05, 3.63) is 58.7 Å². The van der Waals surface area contributed by atoms with Crippen LogP contribution in [0.1, 0.15) is 84.1 Å². The summed E-state index contributed by atoms with van der Waals surface area (Å²) in [6, 6.07) is 13.2. The number of nitrogens with zero attached hydrogens (tertiary/aromatic N) is 2. The molecule has 0 aliphatic rings. The number of benzene rings is 2. The van der Waals surface area contributed by atoms with Crippen LogP contribution in [0.5, 0.6) is 0 Å². The lowest BCUT2D eigenvalue weighted by molar-refractivity contribution is 0.589. The minimum absolute atomic E-state index is 0.123. The summed E-state index contributed by atoms with van der Waals surface area (Å²) in [5.74, 6) is 0. The molecule has 0 atom stereocenters. The van der Waals surface area contributed by atoms with Crippen molar-refractivity contribution in [2.45, 2.75) is 86.5 Å². The molecule has 2 aromatic rings. The van der Waals surface area contributed by atoms with E-state index < -0.39 is 0 Å². The average Bonchev–Trinajstić information content (AvgIpc) is 2.51. The lowest BCUT2D eigenvalue weighted by Crippen LogP contribution is -2.11. The van der Waals surface area contributed by atoms with Crippen molar-refractivity contribution >= 4 is 22.8 Å². The van der Waals surface area contributed by atoms with Crippen LogP contribution in [-0.2, 0) is 10.8 Å². The monoisotopic (exact) mass is 390 g/mol. The summed E-state index contributed by atoms with van der Waals surface area (Å²) in [5.41, 5.74) is 9.63. The molecule has 2 aromatic carbocycles. The van der Waals surface area contributed by atoms with Gasteiger partial charge >= 0.3 is 0 Å². The Morgan fingerprint density at radius 1 is 0.621 bits per heavy atom. The van der Waals surface area contributed by atoms with Crippen LogP contribution in [0.25, 0.3) is 0 Å². The molecular formula is C27H38N2. The molecule has 0 saturated heterocycles. The molecule has 0 unspecified atom stereocenters. The van der Waals surface area contributed by atoms with Crippen molar-refractivity contribution in [3.63, 3.8) is 0 Å². The van der Waals surface area contributed by atoms with Crippen LogP contribution in [0.3, 0.4) is 0 Å². The van der Waals surface area contributed by atoms with Crippen LogP contribution in [0.2, 0.25) is 0 Å². The molecule has 0 bridgehead atoms. The van der Waals surface area contributed by atoms with Crippen molar-refractivity contribution in [2.75, 3.05) is 0 Å². The van der Waals surface area contributed by atoms with E-state index in [9.17, 15) is 0 Å². The molecule has 0 aliphatic heterocycles. The molecule has 0 aromatic heterocycles. The van der Waals surface area contributed by atoms with Crippen LogP contribution in [-0.4, -0.2) is 11.4 Å². The minimum atomic E-state index is 0.123. The van der Waals surface area contributed by atoms with E-state index in [1.165, 1.54) is 22.3 Å². The van der Waals surface area contributed by atoms with E-state index in [-0.39, 0.29) is 10.8 Å². The van der Waals surface area contributed by atoms with Gasteiger partial charge in [0.25, 0.3) is 0 Å². The molecule has 0 heterocycles. The first-order chi connectivity index (χ1) is 13.2.